The fourth-order valence-electron chi connectivity index (χ4n) is 3.04. The van der Waals surface area contributed by atoms with Gasteiger partial charge in [-0.1, -0.05) is 35.3 Å². The Labute approximate surface area is 185 Å². The van der Waals surface area contributed by atoms with Crippen LogP contribution in [0.1, 0.15) is 17.0 Å². The van der Waals surface area contributed by atoms with Crippen molar-refractivity contribution in [1.29, 1.82) is 0 Å². The van der Waals surface area contributed by atoms with Crippen molar-refractivity contribution in [3.63, 3.8) is 0 Å². The van der Waals surface area contributed by atoms with E-state index in [1.165, 1.54) is 0 Å². The molecule has 156 valence electrons. The summed E-state index contributed by atoms with van der Waals surface area (Å²) in [5.41, 5.74) is 6.05. The first kappa shape index (κ1) is 21.7. The van der Waals surface area contributed by atoms with Crippen molar-refractivity contribution in [2.75, 3.05) is 13.7 Å². The fourth-order valence-corrected chi connectivity index (χ4v) is 3.53. The van der Waals surface area contributed by atoms with Crippen LogP contribution in [0.5, 0.6) is 11.5 Å². The summed E-state index contributed by atoms with van der Waals surface area (Å²) in [6.45, 7) is 3.73. The maximum absolute atomic E-state index is 12.0. The molecule has 30 heavy (non-hydrogen) atoms. The Bertz CT molecular complexity index is 1090. The predicted molar refractivity (Wildman–Crippen MR) is 119 cm³/mol. The Balaban J connectivity index is 1.66. The number of hydrazone groups is 1. The first-order valence-corrected chi connectivity index (χ1v) is 9.88. The van der Waals surface area contributed by atoms with Crippen LogP contribution in [0.25, 0.3) is 5.69 Å². The van der Waals surface area contributed by atoms with Crippen molar-refractivity contribution in [3.8, 4) is 17.2 Å². The van der Waals surface area contributed by atoms with Gasteiger partial charge in [0, 0.05) is 22.0 Å². The fraction of sp³-hybridized carbons (Fsp3) is 0.182. The van der Waals surface area contributed by atoms with Crippen molar-refractivity contribution in [3.05, 3.63) is 75.5 Å². The van der Waals surface area contributed by atoms with Crippen molar-refractivity contribution in [1.82, 2.24) is 9.99 Å². The van der Waals surface area contributed by atoms with Crippen LogP contribution in [-0.4, -0.2) is 30.4 Å². The quantitative estimate of drug-likeness (QED) is 0.413. The Morgan fingerprint density at radius 1 is 1.13 bits per heavy atom. The minimum absolute atomic E-state index is 0.183. The number of aryl methyl sites for hydroxylation is 1. The molecule has 0 bridgehead atoms. The Morgan fingerprint density at radius 2 is 1.87 bits per heavy atom. The lowest BCUT2D eigenvalue weighted by atomic mass is 10.2. The van der Waals surface area contributed by atoms with Gasteiger partial charge in [-0.3, -0.25) is 4.79 Å². The largest absolute Gasteiger partial charge is 0.493 e. The van der Waals surface area contributed by atoms with E-state index in [2.05, 4.69) is 10.5 Å². The van der Waals surface area contributed by atoms with Gasteiger partial charge in [0.2, 0.25) is 0 Å². The van der Waals surface area contributed by atoms with E-state index < -0.39 is 0 Å². The van der Waals surface area contributed by atoms with Gasteiger partial charge >= 0.3 is 0 Å². The minimum Gasteiger partial charge on any atom is -0.493 e. The topological polar surface area (TPSA) is 64.8 Å². The lowest BCUT2D eigenvalue weighted by Gasteiger charge is -2.11. The van der Waals surface area contributed by atoms with E-state index in [0.29, 0.717) is 21.5 Å². The van der Waals surface area contributed by atoms with Gasteiger partial charge in [-0.15, -0.1) is 0 Å². The smallest absolute Gasteiger partial charge is 0.277 e. The number of amides is 1. The van der Waals surface area contributed by atoms with Crippen LogP contribution in [0, 0.1) is 13.8 Å². The molecule has 6 nitrogen and oxygen atoms in total. The molecular weight excluding hydrogens is 425 g/mol. The molecule has 3 rings (SSSR count). The number of methoxy groups -OCH3 is 1. The van der Waals surface area contributed by atoms with Crippen LogP contribution >= 0.6 is 23.2 Å². The predicted octanol–water partition coefficient (Wildman–Crippen LogP) is 4.94. The number of para-hydroxylation sites is 2. The summed E-state index contributed by atoms with van der Waals surface area (Å²) in [6, 6.07) is 14.4. The lowest BCUT2D eigenvalue weighted by Crippen LogP contribution is -2.24. The van der Waals surface area contributed by atoms with Gasteiger partial charge in [0.1, 0.15) is 0 Å². The molecule has 1 N–H and O–H groups in total. The number of halogens is 2. The summed E-state index contributed by atoms with van der Waals surface area (Å²) in [6.07, 6.45) is 1.59. The van der Waals surface area contributed by atoms with E-state index in [-0.39, 0.29) is 12.5 Å². The van der Waals surface area contributed by atoms with Crippen LogP contribution in [0.2, 0.25) is 10.0 Å². The summed E-state index contributed by atoms with van der Waals surface area (Å²) >= 11 is 12.3. The van der Waals surface area contributed by atoms with Crippen LogP contribution in [0.4, 0.5) is 0 Å². The van der Waals surface area contributed by atoms with Crippen molar-refractivity contribution >= 4 is 35.3 Å². The van der Waals surface area contributed by atoms with Crippen molar-refractivity contribution in [2.24, 2.45) is 5.10 Å². The molecule has 0 atom stereocenters. The number of benzene rings is 2. The highest BCUT2D eigenvalue weighted by Gasteiger charge is 2.12. The van der Waals surface area contributed by atoms with Gasteiger partial charge in [-0.05, 0) is 50.2 Å². The molecule has 1 aromatic heterocycles. The van der Waals surface area contributed by atoms with Gasteiger partial charge in [0.25, 0.3) is 5.91 Å². The highest BCUT2D eigenvalue weighted by molar-refractivity contribution is 6.35. The van der Waals surface area contributed by atoms with Crippen molar-refractivity contribution in [2.45, 2.75) is 13.8 Å². The molecule has 0 aliphatic carbocycles. The van der Waals surface area contributed by atoms with Crippen LogP contribution < -0.4 is 14.9 Å². The molecular formula is C22H21Cl2N3O3. The van der Waals surface area contributed by atoms with Gasteiger partial charge < -0.3 is 14.0 Å². The third kappa shape index (κ3) is 4.96. The standard InChI is InChI=1S/C22H21Cl2N3O3/c1-14-10-16(15(2)27(14)19-9-8-17(23)11-18(19)24)12-25-26-22(28)13-30-21-7-5-4-6-20(21)29-3/h4-12H,13H2,1-3H3,(H,26,28)/b25-12-. The molecule has 2 aromatic carbocycles. The molecule has 1 heterocycles. The number of carbonyl (C=O) groups excluding carboxylic acids is 1. The Morgan fingerprint density at radius 3 is 2.57 bits per heavy atom. The van der Waals surface area contributed by atoms with E-state index in [4.69, 9.17) is 32.7 Å². The zero-order chi connectivity index (χ0) is 21.7. The molecule has 0 fully saturated rings. The van der Waals surface area contributed by atoms with E-state index in [0.717, 1.165) is 22.6 Å². The van der Waals surface area contributed by atoms with Crippen molar-refractivity contribution < 1.29 is 14.3 Å². The molecule has 0 radical (unpaired) electrons. The van der Waals surface area contributed by atoms with Gasteiger partial charge in [0.15, 0.2) is 18.1 Å². The molecule has 0 aliphatic heterocycles. The SMILES string of the molecule is COc1ccccc1OCC(=O)N/N=C\c1cc(C)n(-c2ccc(Cl)cc2Cl)c1C. The van der Waals surface area contributed by atoms with Crippen LogP contribution in [0.15, 0.2) is 53.6 Å². The average Bonchev–Trinajstić information content (AvgIpc) is 3.00. The summed E-state index contributed by atoms with van der Waals surface area (Å²) in [5, 5.41) is 5.16. The number of ether oxygens (including phenoxy) is 2. The van der Waals surface area contributed by atoms with E-state index >= 15 is 0 Å². The van der Waals surface area contributed by atoms with E-state index in [1.54, 1.807) is 43.7 Å². The molecule has 1 amide bonds. The van der Waals surface area contributed by atoms with Gasteiger partial charge in [0.05, 0.1) is 24.0 Å². The maximum Gasteiger partial charge on any atom is 0.277 e. The number of hydrogen-bond donors (Lipinski definition) is 1. The second-order valence-corrected chi connectivity index (χ2v) is 7.33. The molecule has 0 saturated heterocycles. The van der Waals surface area contributed by atoms with Crippen LogP contribution in [0.3, 0.4) is 0 Å². The summed E-state index contributed by atoms with van der Waals surface area (Å²) in [7, 11) is 1.54. The molecule has 0 spiro atoms. The number of aromatic nitrogens is 1. The molecule has 0 unspecified atom stereocenters. The molecule has 8 heteroatoms. The summed E-state index contributed by atoms with van der Waals surface area (Å²) < 4.78 is 12.7. The minimum atomic E-state index is -0.383. The second-order valence-electron chi connectivity index (χ2n) is 6.49. The zero-order valence-corrected chi connectivity index (χ0v) is 18.3. The highest BCUT2D eigenvalue weighted by atomic mass is 35.5. The first-order chi connectivity index (χ1) is 14.4. The zero-order valence-electron chi connectivity index (χ0n) is 16.8. The molecule has 0 aliphatic rings. The van der Waals surface area contributed by atoms with Gasteiger partial charge in [-0.25, -0.2) is 5.43 Å². The number of nitrogens with zero attached hydrogens (tertiary/aromatic N) is 2. The van der Waals surface area contributed by atoms with E-state index in [9.17, 15) is 4.79 Å². The Hall–Kier alpha value is -2.96. The van der Waals surface area contributed by atoms with E-state index in [1.807, 2.05) is 36.6 Å². The monoisotopic (exact) mass is 445 g/mol. The maximum atomic E-state index is 12.0. The first-order valence-electron chi connectivity index (χ1n) is 9.12. The third-order valence-corrected chi connectivity index (χ3v) is 4.98. The molecule has 0 saturated carbocycles. The average molecular weight is 446 g/mol. The third-order valence-electron chi connectivity index (χ3n) is 4.44. The second kappa shape index (κ2) is 9.69. The Kier molecular flexibility index (Phi) is 7.03. The number of carbonyl (C=O) groups is 1. The number of rotatable bonds is 7. The number of hydrogen-bond acceptors (Lipinski definition) is 4. The lowest BCUT2D eigenvalue weighted by molar-refractivity contribution is -0.123. The highest BCUT2D eigenvalue weighted by Crippen LogP contribution is 2.28. The molecule has 3 aromatic rings. The number of nitrogens with one attached hydrogen (secondary N) is 1. The summed E-state index contributed by atoms with van der Waals surface area (Å²) in [5.74, 6) is 0.663. The summed E-state index contributed by atoms with van der Waals surface area (Å²) in [4.78, 5) is 12.0. The normalized spacial score (nSPS) is 11.0. The van der Waals surface area contributed by atoms with Gasteiger partial charge in [-0.2, -0.15) is 5.10 Å². The van der Waals surface area contributed by atoms with Crippen LogP contribution in [-0.2, 0) is 4.79 Å².